The maximum Gasteiger partial charge on any atom is 0.0890 e. The van der Waals surface area contributed by atoms with Gasteiger partial charge in [0.2, 0.25) is 0 Å². The zero-order valence-electron chi connectivity index (χ0n) is 8.80. The minimum absolute atomic E-state index is 0.526. The normalized spacial score (nSPS) is 12.2. The minimum atomic E-state index is -0.526. The second kappa shape index (κ2) is 4.73. The van der Waals surface area contributed by atoms with Gasteiger partial charge in [0, 0.05) is 18.8 Å². The van der Waals surface area contributed by atoms with E-state index in [4.69, 9.17) is 6.42 Å². The third-order valence-electron chi connectivity index (χ3n) is 2.44. The summed E-state index contributed by atoms with van der Waals surface area (Å²) >= 11 is 0. The zero-order valence-corrected chi connectivity index (χ0v) is 8.80. The highest BCUT2D eigenvalue weighted by molar-refractivity contribution is 5.74. The lowest BCUT2D eigenvalue weighted by Gasteiger charge is -2.09. The first-order valence-electron chi connectivity index (χ1n) is 5.13. The average Bonchev–Trinajstić information content (AvgIpc) is 2.35. The van der Waals surface area contributed by atoms with Crippen molar-refractivity contribution in [3.8, 4) is 12.3 Å². The Morgan fingerprint density at radius 1 is 1.25 bits per heavy atom. The lowest BCUT2D eigenvalue weighted by atomic mass is 10.0. The van der Waals surface area contributed by atoms with Crippen LogP contribution in [0, 0.1) is 12.3 Å². The topological polar surface area (TPSA) is 46.0 Å². The lowest BCUT2D eigenvalue weighted by Crippen LogP contribution is -1.97. The van der Waals surface area contributed by atoms with Gasteiger partial charge in [0.25, 0.3) is 0 Å². The first-order valence-corrected chi connectivity index (χ1v) is 5.13. The molecule has 0 saturated heterocycles. The smallest absolute Gasteiger partial charge is 0.0890 e. The lowest BCUT2D eigenvalue weighted by molar-refractivity contribution is 0.169. The zero-order chi connectivity index (χ0) is 11.4. The Bertz CT molecular complexity index is 531. The van der Waals surface area contributed by atoms with E-state index >= 15 is 0 Å². The summed E-state index contributed by atoms with van der Waals surface area (Å²) in [5, 5.41) is 9.87. The molecule has 1 N–H and O–H groups in total. The van der Waals surface area contributed by atoms with Crippen molar-refractivity contribution in [1.82, 2.24) is 9.97 Å². The van der Waals surface area contributed by atoms with Gasteiger partial charge < -0.3 is 5.11 Å². The van der Waals surface area contributed by atoms with Gasteiger partial charge >= 0.3 is 0 Å². The maximum absolute atomic E-state index is 9.87. The summed E-state index contributed by atoms with van der Waals surface area (Å²) in [6, 6.07) is 5.57. The Hall–Kier alpha value is -1.92. The van der Waals surface area contributed by atoms with Gasteiger partial charge in [0.05, 0.1) is 17.1 Å². The predicted octanol–water partition coefficient (Wildman–Crippen LogP) is 2.08. The Morgan fingerprint density at radius 2 is 2.00 bits per heavy atom. The molecule has 2 rings (SSSR count). The monoisotopic (exact) mass is 212 g/mol. The van der Waals surface area contributed by atoms with Crippen LogP contribution in [0.5, 0.6) is 0 Å². The fourth-order valence-corrected chi connectivity index (χ4v) is 1.57. The molecular formula is C13H12N2O. The fraction of sp³-hybridized carbons (Fsp3) is 0.231. The van der Waals surface area contributed by atoms with Crippen molar-refractivity contribution in [2.75, 3.05) is 0 Å². The van der Waals surface area contributed by atoms with Crippen LogP contribution in [0.25, 0.3) is 11.0 Å². The van der Waals surface area contributed by atoms with Crippen LogP contribution in [0.1, 0.15) is 24.5 Å². The Morgan fingerprint density at radius 3 is 2.75 bits per heavy atom. The number of terminal acetylenes is 1. The molecule has 3 heteroatoms. The SMILES string of the molecule is C#CCCC(O)c1ccc2nccnc2c1. The minimum Gasteiger partial charge on any atom is -0.388 e. The number of benzene rings is 1. The standard InChI is InChI=1S/C13H12N2O/c1-2-3-4-13(16)10-5-6-11-12(9-10)15-8-7-14-11/h1,5-9,13,16H,3-4H2. The summed E-state index contributed by atoms with van der Waals surface area (Å²) in [7, 11) is 0. The average molecular weight is 212 g/mol. The van der Waals surface area contributed by atoms with Crippen LogP contribution in [-0.2, 0) is 0 Å². The molecule has 1 atom stereocenters. The van der Waals surface area contributed by atoms with Crippen LogP contribution in [0.4, 0.5) is 0 Å². The number of aromatic nitrogens is 2. The first-order chi connectivity index (χ1) is 7.81. The van der Waals surface area contributed by atoms with Gasteiger partial charge in [-0.1, -0.05) is 6.07 Å². The maximum atomic E-state index is 9.87. The second-order valence-electron chi connectivity index (χ2n) is 3.56. The van der Waals surface area contributed by atoms with E-state index in [0.717, 1.165) is 16.6 Å². The summed E-state index contributed by atoms with van der Waals surface area (Å²) in [5.41, 5.74) is 2.46. The molecule has 0 aliphatic heterocycles. The molecule has 1 unspecified atom stereocenters. The summed E-state index contributed by atoms with van der Waals surface area (Å²) in [5.74, 6) is 2.52. The summed E-state index contributed by atoms with van der Waals surface area (Å²) in [4.78, 5) is 8.36. The van der Waals surface area contributed by atoms with Gasteiger partial charge in [0.1, 0.15) is 0 Å². The molecule has 16 heavy (non-hydrogen) atoms. The molecule has 0 fully saturated rings. The molecular weight excluding hydrogens is 200 g/mol. The molecule has 1 aromatic carbocycles. The Balaban J connectivity index is 2.29. The second-order valence-corrected chi connectivity index (χ2v) is 3.56. The molecule has 0 radical (unpaired) electrons. The van der Waals surface area contributed by atoms with Crippen LogP contribution >= 0.6 is 0 Å². The number of fused-ring (bicyclic) bond motifs is 1. The van der Waals surface area contributed by atoms with E-state index in [1.807, 2.05) is 18.2 Å². The molecule has 80 valence electrons. The number of rotatable bonds is 3. The number of nitrogens with zero attached hydrogens (tertiary/aromatic N) is 2. The molecule has 0 amide bonds. The van der Waals surface area contributed by atoms with Crippen LogP contribution in [0.15, 0.2) is 30.6 Å². The highest BCUT2D eigenvalue weighted by atomic mass is 16.3. The Kier molecular flexibility index (Phi) is 3.13. The van der Waals surface area contributed by atoms with Crippen LogP contribution in [0.2, 0.25) is 0 Å². The number of aliphatic hydroxyl groups excluding tert-OH is 1. The van der Waals surface area contributed by atoms with E-state index < -0.39 is 6.10 Å². The molecule has 2 aromatic rings. The van der Waals surface area contributed by atoms with Gasteiger partial charge in [0.15, 0.2) is 0 Å². The van der Waals surface area contributed by atoms with Crippen molar-refractivity contribution < 1.29 is 5.11 Å². The van der Waals surface area contributed by atoms with E-state index in [1.165, 1.54) is 0 Å². The number of aliphatic hydroxyl groups is 1. The van der Waals surface area contributed by atoms with E-state index in [9.17, 15) is 5.11 Å². The van der Waals surface area contributed by atoms with Crippen molar-refractivity contribution >= 4 is 11.0 Å². The third-order valence-corrected chi connectivity index (χ3v) is 2.44. The first kappa shape index (κ1) is 10.6. The molecule has 0 bridgehead atoms. The highest BCUT2D eigenvalue weighted by Crippen LogP contribution is 2.20. The Labute approximate surface area is 94.2 Å². The largest absolute Gasteiger partial charge is 0.388 e. The molecule has 0 aliphatic rings. The highest BCUT2D eigenvalue weighted by Gasteiger charge is 2.07. The summed E-state index contributed by atoms with van der Waals surface area (Å²) in [6.07, 6.45) is 9.07. The van der Waals surface area contributed by atoms with E-state index in [-0.39, 0.29) is 0 Å². The van der Waals surface area contributed by atoms with Crippen molar-refractivity contribution in [1.29, 1.82) is 0 Å². The van der Waals surface area contributed by atoms with Crippen molar-refractivity contribution in [3.63, 3.8) is 0 Å². The molecule has 0 aliphatic carbocycles. The van der Waals surface area contributed by atoms with Crippen LogP contribution in [0.3, 0.4) is 0 Å². The molecule has 1 heterocycles. The van der Waals surface area contributed by atoms with Crippen molar-refractivity contribution in [2.45, 2.75) is 18.9 Å². The fourth-order valence-electron chi connectivity index (χ4n) is 1.57. The molecule has 3 nitrogen and oxygen atoms in total. The van der Waals surface area contributed by atoms with Gasteiger partial charge in [-0.05, 0) is 24.1 Å². The molecule has 1 aromatic heterocycles. The molecule has 0 spiro atoms. The quantitative estimate of drug-likeness (QED) is 0.792. The van der Waals surface area contributed by atoms with Gasteiger partial charge in [-0.3, -0.25) is 9.97 Å². The number of hydrogen-bond donors (Lipinski definition) is 1. The number of hydrogen-bond acceptors (Lipinski definition) is 3. The van der Waals surface area contributed by atoms with E-state index in [0.29, 0.717) is 12.8 Å². The summed E-state index contributed by atoms with van der Waals surface area (Å²) < 4.78 is 0. The predicted molar refractivity (Wildman–Crippen MR) is 62.6 cm³/mol. The van der Waals surface area contributed by atoms with Crippen LogP contribution in [-0.4, -0.2) is 15.1 Å². The van der Waals surface area contributed by atoms with Gasteiger partial charge in [-0.15, -0.1) is 12.3 Å². The van der Waals surface area contributed by atoms with Gasteiger partial charge in [-0.25, -0.2) is 0 Å². The van der Waals surface area contributed by atoms with Crippen molar-refractivity contribution in [3.05, 3.63) is 36.2 Å². The van der Waals surface area contributed by atoms with E-state index in [1.54, 1.807) is 12.4 Å². The third kappa shape index (κ3) is 2.18. The van der Waals surface area contributed by atoms with Crippen LogP contribution < -0.4 is 0 Å². The summed E-state index contributed by atoms with van der Waals surface area (Å²) in [6.45, 7) is 0. The van der Waals surface area contributed by atoms with Crippen molar-refractivity contribution in [2.24, 2.45) is 0 Å². The molecule has 0 saturated carbocycles. The van der Waals surface area contributed by atoms with Gasteiger partial charge in [-0.2, -0.15) is 0 Å². The van der Waals surface area contributed by atoms with E-state index in [2.05, 4.69) is 15.9 Å².